The zero-order valence-corrected chi connectivity index (χ0v) is 15.8. The van der Waals surface area contributed by atoms with Crippen molar-refractivity contribution in [2.45, 2.75) is 44.7 Å². The van der Waals surface area contributed by atoms with E-state index in [2.05, 4.69) is 5.32 Å². The van der Waals surface area contributed by atoms with Crippen LogP contribution in [0.3, 0.4) is 0 Å². The van der Waals surface area contributed by atoms with Crippen LogP contribution in [-0.4, -0.2) is 76.9 Å². The molecule has 2 atom stereocenters. The van der Waals surface area contributed by atoms with Crippen LogP contribution in [0.2, 0.25) is 0 Å². The van der Waals surface area contributed by atoms with Crippen molar-refractivity contribution >= 4 is 35.5 Å². The van der Waals surface area contributed by atoms with Crippen molar-refractivity contribution in [2.75, 3.05) is 31.3 Å². The highest BCUT2D eigenvalue weighted by molar-refractivity contribution is 7.99. The molecule has 0 saturated carbocycles. The molecule has 0 aromatic carbocycles. The number of carbonyl (C=O) groups is 4. The van der Waals surface area contributed by atoms with E-state index in [0.717, 1.165) is 0 Å². The Balaban J connectivity index is 1.56. The molecule has 0 aromatic heterocycles. The van der Waals surface area contributed by atoms with Crippen LogP contribution >= 0.6 is 11.8 Å². The Labute approximate surface area is 157 Å². The molecule has 1 N–H and O–H groups in total. The Morgan fingerprint density at radius 2 is 1.92 bits per heavy atom. The van der Waals surface area contributed by atoms with E-state index in [1.54, 1.807) is 28.5 Å². The van der Waals surface area contributed by atoms with Gasteiger partial charge < -0.3 is 19.9 Å². The van der Waals surface area contributed by atoms with Crippen LogP contribution in [0.4, 0.5) is 0 Å². The maximum absolute atomic E-state index is 12.9. The van der Waals surface area contributed by atoms with Crippen molar-refractivity contribution < 1.29 is 23.9 Å². The summed E-state index contributed by atoms with van der Waals surface area (Å²) >= 11 is 1.55. The molecule has 3 heterocycles. The predicted molar refractivity (Wildman–Crippen MR) is 95.1 cm³/mol. The lowest BCUT2D eigenvalue weighted by atomic mass is 9.96. The summed E-state index contributed by atoms with van der Waals surface area (Å²) in [4.78, 5) is 52.1. The van der Waals surface area contributed by atoms with E-state index in [-0.39, 0.29) is 29.6 Å². The Hall–Kier alpha value is -1.77. The van der Waals surface area contributed by atoms with Gasteiger partial charge in [0, 0.05) is 25.3 Å². The monoisotopic (exact) mass is 383 g/mol. The number of esters is 1. The molecule has 9 heteroatoms. The molecule has 3 amide bonds. The molecule has 0 unspecified atom stereocenters. The summed E-state index contributed by atoms with van der Waals surface area (Å²) in [6.07, 6.45) is 2.04. The molecule has 8 nitrogen and oxygen atoms in total. The normalized spacial score (nSPS) is 26.7. The number of thioether (sulfide) groups is 1. The molecule has 3 rings (SSSR count). The topological polar surface area (TPSA) is 96.0 Å². The molecule has 3 fully saturated rings. The minimum atomic E-state index is -0.508. The summed E-state index contributed by atoms with van der Waals surface area (Å²) < 4.78 is 5.06. The maximum atomic E-state index is 12.9. The second kappa shape index (κ2) is 8.28. The number of hydrogen-bond donors (Lipinski definition) is 1. The van der Waals surface area contributed by atoms with Crippen molar-refractivity contribution in [3.8, 4) is 0 Å². The summed E-state index contributed by atoms with van der Waals surface area (Å²) in [5.41, 5.74) is 0. The molecule has 0 aromatic rings. The van der Waals surface area contributed by atoms with Gasteiger partial charge in [-0.15, -0.1) is 11.8 Å². The zero-order valence-electron chi connectivity index (χ0n) is 14.9. The fraction of sp³-hybridized carbons (Fsp3) is 0.765. The summed E-state index contributed by atoms with van der Waals surface area (Å²) in [6.45, 7) is 3.16. The first kappa shape index (κ1) is 19.0. The van der Waals surface area contributed by atoms with Gasteiger partial charge in [0.15, 0.2) is 0 Å². The molecule has 0 aliphatic carbocycles. The lowest BCUT2D eigenvalue weighted by Crippen LogP contribution is -2.54. The molecule has 0 spiro atoms. The van der Waals surface area contributed by atoms with Gasteiger partial charge in [0.2, 0.25) is 17.7 Å². The van der Waals surface area contributed by atoms with Crippen LogP contribution in [-0.2, 0) is 23.9 Å². The molecule has 0 bridgehead atoms. The third kappa shape index (κ3) is 3.97. The number of nitrogens with zero attached hydrogens (tertiary/aromatic N) is 2. The number of rotatable bonds is 4. The summed E-state index contributed by atoms with van der Waals surface area (Å²) in [5.74, 6) is 0.368. The fourth-order valence-electron chi connectivity index (χ4n) is 3.67. The van der Waals surface area contributed by atoms with E-state index < -0.39 is 12.1 Å². The molecule has 144 valence electrons. The van der Waals surface area contributed by atoms with E-state index in [1.807, 2.05) is 0 Å². The third-order valence-corrected chi connectivity index (χ3v) is 6.18. The fourth-order valence-corrected chi connectivity index (χ4v) is 4.83. The Bertz CT molecular complexity index is 591. The zero-order chi connectivity index (χ0) is 18.7. The quantitative estimate of drug-likeness (QED) is 0.685. The van der Waals surface area contributed by atoms with Crippen molar-refractivity contribution in [1.82, 2.24) is 15.1 Å². The minimum Gasteiger partial charge on any atom is -0.466 e. The van der Waals surface area contributed by atoms with Gasteiger partial charge in [-0.25, -0.2) is 0 Å². The van der Waals surface area contributed by atoms with E-state index in [1.165, 1.54) is 0 Å². The third-order valence-electron chi connectivity index (χ3n) is 5.17. The highest BCUT2D eigenvalue weighted by atomic mass is 32.2. The van der Waals surface area contributed by atoms with Crippen molar-refractivity contribution in [2.24, 2.45) is 5.92 Å². The first-order valence-corrected chi connectivity index (χ1v) is 10.3. The van der Waals surface area contributed by atoms with Gasteiger partial charge in [-0.2, -0.15) is 0 Å². The molecule has 3 aliphatic heterocycles. The maximum Gasteiger partial charge on any atom is 0.309 e. The molecular formula is C17H25N3O5S. The second-order valence-electron chi connectivity index (χ2n) is 6.83. The molecule has 3 aliphatic rings. The van der Waals surface area contributed by atoms with Crippen LogP contribution in [0, 0.1) is 5.92 Å². The Morgan fingerprint density at radius 1 is 1.19 bits per heavy atom. The van der Waals surface area contributed by atoms with Gasteiger partial charge in [0.1, 0.15) is 12.1 Å². The first-order valence-electron chi connectivity index (χ1n) is 9.14. The van der Waals surface area contributed by atoms with Gasteiger partial charge in [-0.3, -0.25) is 19.2 Å². The van der Waals surface area contributed by atoms with Crippen molar-refractivity contribution in [3.05, 3.63) is 0 Å². The minimum absolute atomic E-state index is 0.0602. The summed E-state index contributed by atoms with van der Waals surface area (Å²) in [5, 5.41) is 2.68. The Morgan fingerprint density at radius 3 is 2.54 bits per heavy atom. The van der Waals surface area contributed by atoms with E-state index in [4.69, 9.17) is 4.74 Å². The van der Waals surface area contributed by atoms with Crippen LogP contribution in [0.1, 0.15) is 32.6 Å². The van der Waals surface area contributed by atoms with Crippen molar-refractivity contribution in [1.29, 1.82) is 0 Å². The number of nitrogens with one attached hydrogen (secondary N) is 1. The molecule has 3 saturated heterocycles. The largest absolute Gasteiger partial charge is 0.466 e. The van der Waals surface area contributed by atoms with Crippen LogP contribution in [0.25, 0.3) is 0 Å². The van der Waals surface area contributed by atoms with E-state index >= 15 is 0 Å². The number of amides is 3. The van der Waals surface area contributed by atoms with Crippen LogP contribution in [0.15, 0.2) is 0 Å². The van der Waals surface area contributed by atoms with Gasteiger partial charge in [0.25, 0.3) is 0 Å². The number of piperidine rings is 1. The van der Waals surface area contributed by atoms with E-state index in [9.17, 15) is 19.2 Å². The number of likely N-dealkylation sites (tertiary alicyclic amines) is 1. The summed E-state index contributed by atoms with van der Waals surface area (Å²) in [7, 11) is 0. The van der Waals surface area contributed by atoms with Gasteiger partial charge in [-0.05, 0) is 26.2 Å². The number of hydrogen-bond acceptors (Lipinski definition) is 6. The second-order valence-corrected chi connectivity index (χ2v) is 7.83. The van der Waals surface area contributed by atoms with Gasteiger partial charge in [0.05, 0.1) is 18.4 Å². The highest BCUT2D eigenvalue weighted by Crippen LogP contribution is 2.27. The molecular weight excluding hydrogens is 358 g/mol. The lowest BCUT2D eigenvalue weighted by molar-refractivity contribution is -0.152. The first-order chi connectivity index (χ1) is 12.5. The van der Waals surface area contributed by atoms with Gasteiger partial charge in [-0.1, -0.05) is 0 Å². The van der Waals surface area contributed by atoms with Crippen LogP contribution in [0.5, 0.6) is 0 Å². The van der Waals surface area contributed by atoms with Gasteiger partial charge >= 0.3 is 5.97 Å². The Kier molecular flexibility index (Phi) is 6.05. The molecule has 26 heavy (non-hydrogen) atoms. The predicted octanol–water partition coefficient (Wildman–Crippen LogP) is -0.0318. The average molecular weight is 383 g/mol. The smallest absolute Gasteiger partial charge is 0.309 e. The molecule has 0 radical (unpaired) electrons. The standard InChI is InChI=1S/C17H25N3O5S/c1-2-25-17(24)11-5-7-19(8-6-11)16(23)13-9-26-10-20(13)15(22)12-3-4-14(21)18-12/h11-13H,2-10H2,1H3,(H,18,21)/t12-,13+/m1/s1. The summed E-state index contributed by atoms with van der Waals surface area (Å²) in [6, 6.07) is -0.991. The lowest BCUT2D eigenvalue weighted by Gasteiger charge is -2.35. The SMILES string of the molecule is CCOC(=O)C1CCN(C(=O)[C@@H]2CSCN2C(=O)[C@H]2CCC(=O)N2)CC1. The van der Waals surface area contributed by atoms with E-state index in [0.29, 0.717) is 57.0 Å². The highest BCUT2D eigenvalue weighted by Gasteiger charge is 2.42. The number of carbonyl (C=O) groups excluding carboxylic acids is 4. The van der Waals surface area contributed by atoms with Crippen molar-refractivity contribution in [3.63, 3.8) is 0 Å². The van der Waals surface area contributed by atoms with Crippen LogP contribution < -0.4 is 5.32 Å². The number of ether oxygens (including phenoxy) is 1. The average Bonchev–Trinajstić information content (AvgIpc) is 3.30.